The molecule has 0 amide bonds. The SMILES string of the molecule is CNCc1cc(F)ccc1Oc1ccc(OCO)c(OCO)c1. The van der Waals surface area contributed by atoms with Gasteiger partial charge in [0.25, 0.3) is 0 Å². The summed E-state index contributed by atoms with van der Waals surface area (Å²) < 4.78 is 29.1. The molecular weight excluding hydrogens is 305 g/mol. The highest BCUT2D eigenvalue weighted by atomic mass is 19.1. The molecule has 0 aromatic heterocycles. The van der Waals surface area contributed by atoms with Crippen LogP contribution in [0.25, 0.3) is 0 Å². The highest BCUT2D eigenvalue weighted by molar-refractivity contribution is 5.47. The second-order valence-corrected chi connectivity index (χ2v) is 4.54. The van der Waals surface area contributed by atoms with Crippen LogP contribution in [0.4, 0.5) is 4.39 Å². The summed E-state index contributed by atoms with van der Waals surface area (Å²) in [6, 6.07) is 8.89. The molecule has 0 saturated heterocycles. The van der Waals surface area contributed by atoms with Gasteiger partial charge in [0.1, 0.15) is 17.3 Å². The van der Waals surface area contributed by atoms with Crippen molar-refractivity contribution in [2.75, 3.05) is 20.6 Å². The zero-order chi connectivity index (χ0) is 16.7. The lowest BCUT2D eigenvalue weighted by Crippen LogP contribution is -2.07. The van der Waals surface area contributed by atoms with Gasteiger partial charge in [0.05, 0.1) is 0 Å². The first-order valence-corrected chi connectivity index (χ1v) is 6.90. The minimum atomic E-state index is -0.549. The van der Waals surface area contributed by atoms with Gasteiger partial charge >= 0.3 is 0 Å². The molecule has 0 aliphatic carbocycles. The van der Waals surface area contributed by atoms with E-state index in [2.05, 4.69) is 5.32 Å². The molecule has 0 fully saturated rings. The van der Waals surface area contributed by atoms with Crippen molar-refractivity contribution in [1.29, 1.82) is 0 Å². The second kappa shape index (κ2) is 8.33. The molecule has 3 N–H and O–H groups in total. The van der Waals surface area contributed by atoms with E-state index in [-0.39, 0.29) is 17.3 Å². The standard InChI is InChI=1S/C16H18FNO5/c1-18-8-11-6-12(17)2-4-14(11)23-13-3-5-15(21-9-19)16(7-13)22-10-20/h2-7,18-20H,8-10H2,1H3. The van der Waals surface area contributed by atoms with E-state index in [1.165, 1.54) is 30.3 Å². The van der Waals surface area contributed by atoms with E-state index in [1.807, 2.05) is 0 Å². The van der Waals surface area contributed by atoms with Crippen LogP contribution in [-0.4, -0.2) is 30.8 Å². The Morgan fingerprint density at radius 3 is 2.35 bits per heavy atom. The number of benzene rings is 2. The highest BCUT2D eigenvalue weighted by Gasteiger charge is 2.10. The lowest BCUT2D eigenvalue weighted by Gasteiger charge is -2.14. The van der Waals surface area contributed by atoms with Crippen LogP contribution in [0, 0.1) is 5.82 Å². The smallest absolute Gasteiger partial charge is 0.186 e. The molecule has 0 radical (unpaired) electrons. The fraction of sp³-hybridized carbons (Fsp3) is 0.250. The largest absolute Gasteiger partial charge is 0.464 e. The number of rotatable bonds is 8. The number of nitrogens with one attached hydrogen (secondary N) is 1. The van der Waals surface area contributed by atoms with E-state index < -0.39 is 13.6 Å². The zero-order valence-corrected chi connectivity index (χ0v) is 12.6. The molecule has 0 unspecified atom stereocenters. The maximum absolute atomic E-state index is 13.3. The van der Waals surface area contributed by atoms with Crippen molar-refractivity contribution in [2.24, 2.45) is 0 Å². The Labute approximate surface area is 133 Å². The molecular formula is C16H18FNO5. The molecule has 2 rings (SSSR count). The summed E-state index contributed by atoms with van der Waals surface area (Å²) in [6.45, 7) is -0.627. The molecule has 2 aromatic rings. The van der Waals surface area contributed by atoms with Gasteiger partial charge in [0.15, 0.2) is 25.1 Å². The summed E-state index contributed by atoms with van der Waals surface area (Å²) in [4.78, 5) is 0. The number of aliphatic hydroxyl groups is 2. The first-order chi connectivity index (χ1) is 11.2. The van der Waals surface area contributed by atoms with Gasteiger partial charge < -0.3 is 29.7 Å². The van der Waals surface area contributed by atoms with Crippen LogP contribution in [0.1, 0.15) is 5.56 Å². The van der Waals surface area contributed by atoms with E-state index in [9.17, 15) is 4.39 Å². The molecule has 6 nitrogen and oxygen atoms in total. The molecule has 124 valence electrons. The Morgan fingerprint density at radius 2 is 1.65 bits per heavy atom. The van der Waals surface area contributed by atoms with Gasteiger partial charge in [0.2, 0.25) is 0 Å². The maximum atomic E-state index is 13.3. The lowest BCUT2D eigenvalue weighted by molar-refractivity contribution is 0.0742. The lowest BCUT2D eigenvalue weighted by atomic mass is 10.2. The van der Waals surface area contributed by atoms with Crippen LogP contribution < -0.4 is 19.5 Å². The monoisotopic (exact) mass is 323 g/mol. The molecule has 23 heavy (non-hydrogen) atoms. The third kappa shape index (κ3) is 4.56. The summed E-state index contributed by atoms with van der Waals surface area (Å²) >= 11 is 0. The van der Waals surface area contributed by atoms with E-state index >= 15 is 0 Å². The summed E-state index contributed by atoms with van der Waals surface area (Å²) in [5, 5.41) is 20.7. The number of aliphatic hydroxyl groups excluding tert-OH is 2. The van der Waals surface area contributed by atoms with Gasteiger partial charge in [-0.2, -0.15) is 0 Å². The van der Waals surface area contributed by atoms with Crippen molar-refractivity contribution in [3.63, 3.8) is 0 Å². The third-order valence-corrected chi connectivity index (χ3v) is 2.97. The van der Waals surface area contributed by atoms with E-state index in [4.69, 9.17) is 24.4 Å². The fourth-order valence-corrected chi connectivity index (χ4v) is 2.03. The first kappa shape index (κ1) is 17.0. The van der Waals surface area contributed by atoms with Crippen LogP contribution in [0.3, 0.4) is 0 Å². The molecule has 0 aliphatic heterocycles. The molecule has 0 spiro atoms. The molecule has 0 bridgehead atoms. The minimum absolute atomic E-state index is 0.219. The van der Waals surface area contributed by atoms with E-state index in [0.29, 0.717) is 23.6 Å². The molecule has 0 atom stereocenters. The normalized spacial score (nSPS) is 10.4. The predicted molar refractivity (Wildman–Crippen MR) is 81.1 cm³/mol. The van der Waals surface area contributed by atoms with Crippen molar-refractivity contribution in [1.82, 2.24) is 5.32 Å². The molecule has 7 heteroatoms. The average Bonchev–Trinajstić information content (AvgIpc) is 2.53. The zero-order valence-electron chi connectivity index (χ0n) is 12.6. The number of hydrogen-bond acceptors (Lipinski definition) is 6. The minimum Gasteiger partial charge on any atom is -0.464 e. The second-order valence-electron chi connectivity index (χ2n) is 4.54. The van der Waals surface area contributed by atoms with E-state index in [0.717, 1.165) is 0 Å². The summed E-state index contributed by atoms with van der Waals surface area (Å²) in [6.07, 6.45) is 0. The van der Waals surface area contributed by atoms with Gasteiger partial charge in [-0.15, -0.1) is 0 Å². The number of halogens is 1. The Kier molecular flexibility index (Phi) is 6.16. The third-order valence-electron chi connectivity index (χ3n) is 2.97. The highest BCUT2D eigenvalue weighted by Crippen LogP contribution is 2.34. The molecule has 0 aliphatic rings. The first-order valence-electron chi connectivity index (χ1n) is 6.90. The van der Waals surface area contributed by atoms with Crippen LogP contribution in [-0.2, 0) is 6.54 Å². The topological polar surface area (TPSA) is 80.2 Å². The van der Waals surface area contributed by atoms with Gasteiger partial charge in [0, 0.05) is 18.2 Å². The summed E-state index contributed by atoms with van der Waals surface area (Å²) in [7, 11) is 1.75. The van der Waals surface area contributed by atoms with Gasteiger partial charge in [-0.3, -0.25) is 0 Å². The van der Waals surface area contributed by atoms with Crippen molar-refractivity contribution >= 4 is 0 Å². The summed E-state index contributed by atoms with van der Waals surface area (Å²) in [5.74, 6) is 1.05. The predicted octanol–water partition coefficient (Wildman–Crippen LogP) is 1.99. The fourth-order valence-electron chi connectivity index (χ4n) is 2.03. The number of hydrogen-bond donors (Lipinski definition) is 3. The quantitative estimate of drug-likeness (QED) is 0.645. The van der Waals surface area contributed by atoms with Gasteiger partial charge in [-0.25, -0.2) is 4.39 Å². The average molecular weight is 323 g/mol. The van der Waals surface area contributed by atoms with Crippen LogP contribution >= 0.6 is 0 Å². The van der Waals surface area contributed by atoms with Crippen molar-refractivity contribution < 1.29 is 28.8 Å². The Bertz CT molecular complexity index is 650. The van der Waals surface area contributed by atoms with Crippen LogP contribution in [0.15, 0.2) is 36.4 Å². The molecule has 0 saturated carbocycles. The van der Waals surface area contributed by atoms with Crippen molar-refractivity contribution in [2.45, 2.75) is 6.54 Å². The van der Waals surface area contributed by atoms with Crippen molar-refractivity contribution in [3.8, 4) is 23.0 Å². The Balaban J connectivity index is 2.27. The molecule has 0 heterocycles. The number of ether oxygens (including phenoxy) is 3. The van der Waals surface area contributed by atoms with Crippen LogP contribution in [0.5, 0.6) is 23.0 Å². The van der Waals surface area contributed by atoms with Gasteiger partial charge in [-0.1, -0.05) is 0 Å². The van der Waals surface area contributed by atoms with E-state index in [1.54, 1.807) is 13.1 Å². The Hall–Kier alpha value is -2.35. The molecule has 2 aromatic carbocycles. The van der Waals surface area contributed by atoms with Gasteiger partial charge in [-0.05, 0) is 37.4 Å². The van der Waals surface area contributed by atoms with Crippen molar-refractivity contribution in [3.05, 3.63) is 47.8 Å². The summed E-state index contributed by atoms with van der Waals surface area (Å²) in [5.41, 5.74) is 0.660. The Morgan fingerprint density at radius 1 is 0.957 bits per heavy atom. The maximum Gasteiger partial charge on any atom is 0.186 e. The van der Waals surface area contributed by atoms with Crippen LogP contribution in [0.2, 0.25) is 0 Å².